The zero-order chi connectivity index (χ0) is 49.0. The summed E-state index contributed by atoms with van der Waals surface area (Å²) in [5.41, 5.74) is -0.397. The van der Waals surface area contributed by atoms with Crippen molar-refractivity contribution < 1.29 is 89.7 Å². The normalized spacial score (nSPS) is 48.7. The van der Waals surface area contributed by atoms with Crippen LogP contribution in [0.15, 0.2) is 11.6 Å². The Labute approximate surface area is 389 Å². The molecular formula is C48H84O18. The Morgan fingerprint density at radius 3 is 1.74 bits per heavy atom. The lowest BCUT2D eigenvalue weighted by Crippen LogP contribution is -2.65. The second kappa shape index (κ2) is 21.0. The van der Waals surface area contributed by atoms with E-state index in [9.17, 15) is 61.3 Å². The summed E-state index contributed by atoms with van der Waals surface area (Å²) in [5, 5.41) is 126. The molecule has 3 saturated heterocycles. The van der Waals surface area contributed by atoms with Gasteiger partial charge < -0.3 is 89.7 Å². The molecule has 0 bridgehead atoms. The maximum Gasteiger partial charge on any atom is 0.187 e. The van der Waals surface area contributed by atoms with Gasteiger partial charge in [0.05, 0.1) is 37.6 Å². The van der Waals surface area contributed by atoms with Gasteiger partial charge in [-0.3, -0.25) is 0 Å². The van der Waals surface area contributed by atoms with Crippen LogP contribution in [0.1, 0.15) is 114 Å². The van der Waals surface area contributed by atoms with E-state index in [4.69, 9.17) is 28.4 Å². The molecule has 18 nitrogen and oxygen atoms in total. The molecule has 0 amide bonds. The molecule has 384 valence electrons. The first-order chi connectivity index (χ1) is 30.8. The Balaban J connectivity index is 1.11. The third-order valence-electron chi connectivity index (χ3n) is 18.1. The van der Waals surface area contributed by atoms with Crippen molar-refractivity contribution in [3.63, 3.8) is 0 Å². The SMILES string of the molecule is CCC1(C)C(C(C)CCC(O)C(C)(C)OC2OC(CO)C(O)C(O)C2OC2OC(CO)C(O)C(O)C2O)CCC1(C)C1CC=C2C(CCC(OC3OC(CO)C(O)C(O)C3O)C2(C)C)C1C. The van der Waals surface area contributed by atoms with Gasteiger partial charge in [0.1, 0.15) is 73.2 Å². The topological polar surface area (TPSA) is 298 Å². The van der Waals surface area contributed by atoms with E-state index in [0.29, 0.717) is 42.9 Å². The van der Waals surface area contributed by atoms with Crippen LogP contribution in [-0.2, 0) is 28.4 Å². The molecule has 6 aliphatic rings. The highest BCUT2D eigenvalue weighted by atomic mass is 16.8. The Morgan fingerprint density at radius 2 is 1.21 bits per heavy atom. The third-order valence-corrected chi connectivity index (χ3v) is 18.1. The van der Waals surface area contributed by atoms with Crippen molar-refractivity contribution in [1.29, 1.82) is 0 Å². The minimum atomic E-state index is -1.81. The van der Waals surface area contributed by atoms with Crippen LogP contribution in [0.5, 0.6) is 0 Å². The van der Waals surface area contributed by atoms with Gasteiger partial charge in [-0.1, -0.05) is 60.1 Å². The van der Waals surface area contributed by atoms with Crippen LogP contribution in [0.4, 0.5) is 0 Å². The van der Waals surface area contributed by atoms with Gasteiger partial charge in [-0.15, -0.1) is 0 Å². The fourth-order valence-electron chi connectivity index (χ4n) is 13.3. The molecule has 0 spiro atoms. The number of fused-ring (bicyclic) bond motifs is 1. The predicted octanol–water partition coefficient (Wildman–Crippen LogP) is 0.219. The standard InChI is InChI=1S/C48H84O18/c1-10-47(8)25(17-18-48(47,9)26-13-14-27-24(23(26)3)12-16-32(45(27,4)5)64-42-39(59)36(56)33(53)28(19-49)61-42)22(2)11-15-31(52)46(6,7)66-44-41(38(58)35(55)30(21-51)63-44)65-43-40(60)37(57)34(54)29(20-50)62-43/h14,22-26,28-44,49-60H,10-13,15-21H2,1-9H3. The van der Waals surface area contributed by atoms with Crippen molar-refractivity contribution in [3.05, 3.63) is 11.6 Å². The molecule has 66 heavy (non-hydrogen) atoms. The first-order valence-electron chi connectivity index (χ1n) is 24.5. The number of allylic oxidation sites excluding steroid dienone is 1. The lowest BCUT2D eigenvalue weighted by Gasteiger charge is -2.57. The molecule has 0 aromatic heterocycles. The summed E-state index contributed by atoms with van der Waals surface area (Å²) in [7, 11) is 0. The Kier molecular flexibility index (Phi) is 17.3. The van der Waals surface area contributed by atoms with Crippen molar-refractivity contribution >= 4 is 0 Å². The minimum absolute atomic E-state index is 0.0138. The highest BCUT2D eigenvalue weighted by Crippen LogP contribution is 2.68. The number of aliphatic hydroxyl groups is 12. The smallest absolute Gasteiger partial charge is 0.187 e. The van der Waals surface area contributed by atoms with Gasteiger partial charge in [0, 0.05) is 5.41 Å². The van der Waals surface area contributed by atoms with Crippen molar-refractivity contribution in [2.45, 2.75) is 224 Å². The van der Waals surface area contributed by atoms with Crippen LogP contribution < -0.4 is 0 Å². The molecule has 3 aliphatic carbocycles. The van der Waals surface area contributed by atoms with Gasteiger partial charge in [0.15, 0.2) is 18.9 Å². The Hall–Kier alpha value is -0.980. The highest BCUT2D eigenvalue weighted by Gasteiger charge is 2.61. The van der Waals surface area contributed by atoms with E-state index < -0.39 is 129 Å². The van der Waals surface area contributed by atoms with E-state index in [0.717, 1.165) is 32.1 Å². The van der Waals surface area contributed by atoms with E-state index in [1.165, 1.54) is 5.57 Å². The summed E-state index contributed by atoms with van der Waals surface area (Å²) in [4.78, 5) is 0. The number of hydrogen-bond donors (Lipinski definition) is 12. The molecule has 24 atom stereocenters. The van der Waals surface area contributed by atoms with E-state index in [1.807, 2.05) is 0 Å². The van der Waals surface area contributed by atoms with Crippen LogP contribution in [0, 0.1) is 45.8 Å². The van der Waals surface area contributed by atoms with Gasteiger partial charge in [0.25, 0.3) is 0 Å². The van der Waals surface area contributed by atoms with E-state index in [1.54, 1.807) is 13.8 Å². The van der Waals surface area contributed by atoms with Gasteiger partial charge in [-0.05, 0) is 106 Å². The summed E-state index contributed by atoms with van der Waals surface area (Å²) in [6.07, 6.45) is -14.9. The zero-order valence-electron chi connectivity index (χ0n) is 40.4. The second-order valence-corrected chi connectivity index (χ2v) is 22.2. The number of hydrogen-bond acceptors (Lipinski definition) is 18. The minimum Gasteiger partial charge on any atom is -0.394 e. The first-order valence-corrected chi connectivity index (χ1v) is 24.5. The Bertz CT molecular complexity index is 1610. The lowest BCUT2D eigenvalue weighted by atomic mass is 9.48. The fraction of sp³-hybridized carbons (Fsp3) is 0.958. The molecule has 0 aromatic rings. The molecule has 3 heterocycles. The maximum atomic E-state index is 11.8. The highest BCUT2D eigenvalue weighted by molar-refractivity contribution is 5.26. The summed E-state index contributed by atoms with van der Waals surface area (Å²) >= 11 is 0. The summed E-state index contributed by atoms with van der Waals surface area (Å²) in [6, 6.07) is 0. The van der Waals surface area contributed by atoms with Gasteiger partial charge >= 0.3 is 0 Å². The molecule has 2 saturated carbocycles. The molecule has 24 unspecified atom stereocenters. The third kappa shape index (κ3) is 9.83. The van der Waals surface area contributed by atoms with Crippen molar-refractivity contribution in [3.8, 4) is 0 Å². The zero-order valence-corrected chi connectivity index (χ0v) is 40.4. The average molecular weight is 949 g/mol. The number of rotatable bonds is 16. The fourth-order valence-corrected chi connectivity index (χ4v) is 13.3. The molecule has 12 N–H and O–H groups in total. The van der Waals surface area contributed by atoms with E-state index >= 15 is 0 Å². The molecule has 0 aromatic carbocycles. The second-order valence-electron chi connectivity index (χ2n) is 22.2. The average Bonchev–Trinajstić information content (AvgIpc) is 3.56. The number of ether oxygens (including phenoxy) is 6. The molecule has 6 rings (SSSR count). The number of aliphatic hydroxyl groups excluding tert-OH is 12. The van der Waals surface area contributed by atoms with Crippen molar-refractivity contribution in [1.82, 2.24) is 0 Å². The van der Waals surface area contributed by atoms with Gasteiger partial charge in [-0.25, -0.2) is 0 Å². The molecule has 0 radical (unpaired) electrons. The molecule has 5 fully saturated rings. The van der Waals surface area contributed by atoms with Crippen LogP contribution in [0.25, 0.3) is 0 Å². The van der Waals surface area contributed by atoms with Gasteiger partial charge in [0.2, 0.25) is 0 Å². The summed E-state index contributed by atoms with van der Waals surface area (Å²) in [6.45, 7) is 17.6. The van der Waals surface area contributed by atoms with Crippen LogP contribution in [0.3, 0.4) is 0 Å². The lowest BCUT2D eigenvalue weighted by molar-refractivity contribution is -0.380. The molecular weight excluding hydrogens is 865 g/mol. The van der Waals surface area contributed by atoms with Crippen LogP contribution >= 0.6 is 0 Å². The first kappa shape index (κ1) is 54.4. The summed E-state index contributed by atoms with van der Waals surface area (Å²) < 4.78 is 35.7. The van der Waals surface area contributed by atoms with Gasteiger partial charge in [-0.2, -0.15) is 0 Å². The van der Waals surface area contributed by atoms with Crippen LogP contribution in [-0.4, -0.2) is 191 Å². The quantitative estimate of drug-likeness (QED) is 0.0922. The summed E-state index contributed by atoms with van der Waals surface area (Å²) in [5.74, 6) is 1.70. The van der Waals surface area contributed by atoms with E-state index in [2.05, 4.69) is 54.5 Å². The maximum absolute atomic E-state index is 11.8. The van der Waals surface area contributed by atoms with Crippen molar-refractivity contribution in [2.24, 2.45) is 45.8 Å². The Morgan fingerprint density at radius 1 is 0.697 bits per heavy atom. The van der Waals surface area contributed by atoms with Crippen molar-refractivity contribution in [2.75, 3.05) is 19.8 Å². The monoisotopic (exact) mass is 949 g/mol. The van der Waals surface area contributed by atoms with E-state index in [-0.39, 0.29) is 22.9 Å². The predicted molar refractivity (Wildman–Crippen MR) is 236 cm³/mol. The molecule has 18 heteroatoms. The van der Waals surface area contributed by atoms with Crippen LogP contribution in [0.2, 0.25) is 0 Å². The largest absolute Gasteiger partial charge is 0.394 e. The molecule has 3 aliphatic heterocycles.